The smallest absolute Gasteiger partial charge is 0.0253 e. The van der Waals surface area contributed by atoms with Crippen LogP contribution in [0.15, 0.2) is 60.2 Å². The van der Waals surface area contributed by atoms with E-state index in [9.17, 15) is 0 Å². The second kappa shape index (κ2) is 20.3. The summed E-state index contributed by atoms with van der Waals surface area (Å²) in [6.07, 6.45) is 9.38. The van der Waals surface area contributed by atoms with Crippen molar-refractivity contribution in [3.05, 3.63) is 97.3 Å². The van der Waals surface area contributed by atoms with Gasteiger partial charge in [-0.1, -0.05) is 42.3 Å². The van der Waals surface area contributed by atoms with Gasteiger partial charge in [-0.2, -0.15) is 49.8 Å². The molecule has 2 aliphatic carbocycles. The molecule has 0 spiro atoms. The first-order valence-electron chi connectivity index (χ1n) is 8.43. The van der Waals surface area contributed by atoms with Gasteiger partial charge in [0.15, 0.2) is 0 Å². The number of halogens is 2. The molecule has 0 heterocycles. The van der Waals surface area contributed by atoms with Crippen molar-refractivity contribution in [2.45, 2.75) is 33.6 Å². The summed E-state index contributed by atoms with van der Waals surface area (Å²) in [5, 5.41) is 0. The van der Waals surface area contributed by atoms with Crippen LogP contribution in [0.3, 0.4) is 0 Å². The minimum absolute atomic E-state index is 0. The van der Waals surface area contributed by atoms with Gasteiger partial charge in [-0.3, -0.25) is 6.08 Å². The molecule has 27 heavy (non-hydrogen) atoms. The summed E-state index contributed by atoms with van der Waals surface area (Å²) in [6, 6.07) is 18.1. The van der Waals surface area contributed by atoms with E-state index in [1.807, 2.05) is 12.9 Å². The molecule has 0 N–H and O–H groups in total. The minimum Gasteiger partial charge on any atom is -0.179 e. The summed E-state index contributed by atoms with van der Waals surface area (Å²) < 4.78 is 0. The van der Waals surface area contributed by atoms with E-state index in [4.69, 9.17) is 0 Å². The Labute approximate surface area is 196 Å². The maximum atomic E-state index is 3.30. The molecule has 0 bridgehead atoms. The van der Waals surface area contributed by atoms with E-state index in [0.717, 1.165) is 12.8 Å². The van der Waals surface area contributed by atoms with Gasteiger partial charge >= 0.3 is 30.2 Å². The summed E-state index contributed by atoms with van der Waals surface area (Å²) in [7, 11) is 0. The Hall–Kier alpha value is -0.400. The molecule has 148 valence electrons. The number of allylic oxidation sites excluding steroid dienone is 4. The van der Waals surface area contributed by atoms with Gasteiger partial charge in [0.2, 0.25) is 0 Å². The largest absolute Gasteiger partial charge is 0.179 e. The van der Waals surface area contributed by atoms with E-state index < -0.39 is 0 Å². The molecule has 0 nitrogen and oxygen atoms in total. The fourth-order valence-corrected chi connectivity index (χ4v) is 2.51. The molecule has 0 aromatic heterocycles. The molecule has 0 unspecified atom stereocenters. The van der Waals surface area contributed by atoms with E-state index in [-0.39, 0.29) is 24.8 Å². The van der Waals surface area contributed by atoms with Gasteiger partial charge in [0, 0.05) is 0 Å². The van der Waals surface area contributed by atoms with Crippen LogP contribution >= 0.6 is 24.8 Å². The van der Waals surface area contributed by atoms with E-state index >= 15 is 0 Å². The van der Waals surface area contributed by atoms with Crippen LogP contribution in [0.4, 0.5) is 0 Å². The SMILES string of the molecule is CC1=[C-]CC=C1.Cl.Cl.[CH2-]C.[CH2-]C.[SiH2]=[Zr].[c-]1cccc2c1Cc1ccccc1-2. The quantitative estimate of drug-likeness (QED) is 0.251. The third kappa shape index (κ3) is 10.6. The number of hydrogen-bond donors (Lipinski definition) is 0. The Morgan fingerprint density at radius 1 is 0.926 bits per heavy atom. The van der Waals surface area contributed by atoms with E-state index in [0.29, 0.717) is 0 Å². The van der Waals surface area contributed by atoms with Crippen LogP contribution in [0.25, 0.3) is 11.1 Å². The molecule has 2 aromatic rings. The van der Waals surface area contributed by atoms with Crippen molar-refractivity contribution < 1.29 is 23.3 Å². The third-order valence-corrected chi connectivity index (χ3v) is 3.48. The molecule has 0 amide bonds. The fourth-order valence-electron chi connectivity index (χ4n) is 2.51. The average Bonchev–Trinajstić information content (AvgIpc) is 3.33. The molecule has 2 aromatic carbocycles. The molecule has 0 saturated heterocycles. The predicted molar refractivity (Wildman–Crippen MR) is 125 cm³/mol. The summed E-state index contributed by atoms with van der Waals surface area (Å²) in [4.78, 5) is 0. The second-order valence-electron chi connectivity index (χ2n) is 4.86. The van der Waals surface area contributed by atoms with Crippen molar-refractivity contribution in [3.8, 4) is 11.1 Å². The fraction of sp³-hybridized carbons (Fsp3) is 0.217. The Morgan fingerprint density at radius 3 is 2.04 bits per heavy atom. The average molecular weight is 497 g/mol. The standard InChI is InChI=1S/C13H9.C6H7.2C2H5.2ClH.H2Si.Zr/c1-3-7-12-10(5-1)9-11-6-2-4-8-13(11)12;1-6-4-2-3-5-6;2*1-2;;;;/h1-5,7-8H,9H2;2,4H,3H2,1H3;2*1H2,2H3;2*1H;1H2;/q4*-1;;;;. The first-order chi connectivity index (χ1) is 12.3. The van der Waals surface area contributed by atoms with Gasteiger partial charge in [0.25, 0.3) is 0 Å². The molecular weight excluding hydrogens is 466 g/mol. The van der Waals surface area contributed by atoms with Crippen LogP contribution in [-0.2, 0) is 29.8 Å². The van der Waals surface area contributed by atoms with Gasteiger partial charge in [-0.05, 0) is 6.42 Å². The van der Waals surface area contributed by atoms with Crippen molar-refractivity contribution >= 4 is 31.7 Å². The first-order valence-corrected chi connectivity index (χ1v) is 14.4. The summed E-state index contributed by atoms with van der Waals surface area (Å²) >= 11 is 1.58. The minimum atomic E-state index is 0. The topological polar surface area (TPSA) is 0 Å². The summed E-state index contributed by atoms with van der Waals surface area (Å²) in [5.74, 6) is 0. The van der Waals surface area contributed by atoms with E-state index in [2.05, 4.69) is 81.5 Å². The predicted octanol–water partition coefficient (Wildman–Crippen LogP) is 6.36. The third-order valence-electron chi connectivity index (χ3n) is 3.48. The van der Waals surface area contributed by atoms with Crippen LogP contribution in [0.2, 0.25) is 0 Å². The molecular formula is C23H30Cl2SiZr-4. The monoisotopic (exact) mass is 494 g/mol. The Bertz CT molecular complexity index is 635. The van der Waals surface area contributed by atoms with Crippen LogP contribution in [0, 0.1) is 26.0 Å². The number of hydrogen-bond acceptors (Lipinski definition) is 0. The zero-order valence-corrected chi connectivity index (χ0v) is 22.1. The van der Waals surface area contributed by atoms with Crippen LogP contribution in [0.1, 0.15) is 38.3 Å². The normalized spacial score (nSPS) is 10.6. The summed E-state index contributed by atoms with van der Waals surface area (Å²) in [5.41, 5.74) is 6.78. The van der Waals surface area contributed by atoms with Crippen LogP contribution in [-0.4, -0.2) is 6.88 Å². The van der Waals surface area contributed by atoms with Crippen molar-refractivity contribution in [2.24, 2.45) is 0 Å². The molecule has 4 heteroatoms. The zero-order valence-electron chi connectivity index (χ0n) is 16.5. The maximum Gasteiger partial charge on any atom is -0.0253 e. The van der Waals surface area contributed by atoms with Gasteiger partial charge in [0.1, 0.15) is 0 Å². The van der Waals surface area contributed by atoms with E-state index in [1.165, 1.54) is 27.8 Å². The Morgan fingerprint density at radius 2 is 1.52 bits per heavy atom. The molecule has 0 radical (unpaired) electrons. The molecule has 0 aliphatic heterocycles. The van der Waals surface area contributed by atoms with Crippen molar-refractivity contribution in [2.75, 3.05) is 0 Å². The zero-order chi connectivity index (χ0) is 19.1. The molecule has 0 saturated carbocycles. The van der Waals surface area contributed by atoms with Crippen LogP contribution < -0.4 is 0 Å². The summed E-state index contributed by atoms with van der Waals surface area (Å²) in [6.45, 7) is 14.0. The van der Waals surface area contributed by atoms with E-state index in [1.54, 1.807) is 37.2 Å². The van der Waals surface area contributed by atoms with Crippen molar-refractivity contribution in [3.63, 3.8) is 0 Å². The maximum absolute atomic E-state index is 3.30. The molecule has 4 rings (SSSR count). The number of rotatable bonds is 0. The van der Waals surface area contributed by atoms with Crippen molar-refractivity contribution in [1.29, 1.82) is 0 Å². The molecule has 0 fully saturated rings. The number of benzene rings is 2. The van der Waals surface area contributed by atoms with Gasteiger partial charge in [0.05, 0.1) is 0 Å². The second-order valence-corrected chi connectivity index (χ2v) is 4.86. The van der Waals surface area contributed by atoms with Gasteiger partial charge < -0.3 is 13.8 Å². The van der Waals surface area contributed by atoms with Gasteiger partial charge in [-0.25, -0.2) is 11.6 Å². The number of fused-ring (bicyclic) bond motifs is 3. The van der Waals surface area contributed by atoms with Crippen LogP contribution in [0.5, 0.6) is 0 Å². The van der Waals surface area contributed by atoms with Gasteiger partial charge in [-0.15, -0.1) is 36.8 Å². The Balaban J connectivity index is -0.000000355. The Kier molecular flexibility index (Phi) is 23.6. The first kappa shape index (κ1) is 31.3. The van der Waals surface area contributed by atoms with Crippen molar-refractivity contribution in [1.82, 2.24) is 0 Å². The molecule has 2 aliphatic rings. The molecule has 0 atom stereocenters.